The van der Waals surface area contributed by atoms with Crippen LogP contribution in [0, 0.1) is 5.92 Å². The molecule has 9 heteroatoms. The van der Waals surface area contributed by atoms with Crippen molar-refractivity contribution in [1.29, 1.82) is 0 Å². The molecule has 0 saturated carbocycles. The predicted octanol–water partition coefficient (Wildman–Crippen LogP) is 2.46. The molecule has 1 aliphatic heterocycles. The topological polar surface area (TPSA) is 104 Å². The molecule has 0 aliphatic carbocycles. The molecule has 1 atom stereocenters. The molecule has 3 aromatic rings. The van der Waals surface area contributed by atoms with Crippen molar-refractivity contribution in [3.8, 4) is 0 Å². The van der Waals surface area contributed by atoms with Crippen LogP contribution in [0.1, 0.15) is 29.5 Å². The summed E-state index contributed by atoms with van der Waals surface area (Å²) >= 11 is 1.36. The molecule has 1 amide bonds. The fraction of sp³-hybridized carbons (Fsp3) is 0.350. The maximum absolute atomic E-state index is 12.2. The minimum absolute atomic E-state index is 0.414. The summed E-state index contributed by atoms with van der Waals surface area (Å²) in [6, 6.07) is 12.7. The first kappa shape index (κ1) is 19.4. The highest BCUT2D eigenvalue weighted by Gasteiger charge is 2.23. The third-order valence-electron chi connectivity index (χ3n) is 5.02. The van der Waals surface area contributed by atoms with Gasteiger partial charge < -0.3 is 10.0 Å². The Kier molecular flexibility index (Phi) is 6.06. The average Bonchev–Trinajstić information content (AvgIpc) is 3.21. The Morgan fingerprint density at radius 2 is 1.93 bits per heavy atom. The summed E-state index contributed by atoms with van der Waals surface area (Å²) in [4.78, 5) is 14.5. The highest BCUT2D eigenvalue weighted by Crippen LogP contribution is 2.27. The molecule has 150 valence electrons. The first-order chi connectivity index (χ1) is 14.2. The average molecular weight is 411 g/mol. The van der Waals surface area contributed by atoms with Gasteiger partial charge in [0.15, 0.2) is 11.9 Å². The van der Waals surface area contributed by atoms with Gasteiger partial charge in [-0.3, -0.25) is 10.1 Å². The standard InChI is InChI=1S/C20H22N6O2S/c27-18(15-5-2-1-3-6-15)19(28)22-20-25-24-17(29-20)13-14-8-11-26(12-9-14)16-7-4-10-21-23-16/h1-7,10,14,18,27H,8-9,11-13H2,(H,22,25,28)/t18-/m1/s1. The quantitative estimate of drug-likeness (QED) is 0.643. The molecule has 1 aromatic carbocycles. The predicted molar refractivity (Wildman–Crippen MR) is 111 cm³/mol. The Morgan fingerprint density at radius 3 is 2.66 bits per heavy atom. The summed E-state index contributed by atoms with van der Waals surface area (Å²) in [7, 11) is 0. The summed E-state index contributed by atoms with van der Waals surface area (Å²) in [6.07, 6.45) is 3.38. The minimum atomic E-state index is -1.23. The van der Waals surface area contributed by atoms with Crippen molar-refractivity contribution in [3.05, 3.63) is 59.2 Å². The van der Waals surface area contributed by atoms with Gasteiger partial charge in [0.2, 0.25) is 5.13 Å². The number of anilines is 2. The normalized spacial score (nSPS) is 15.8. The number of carbonyl (C=O) groups excluding carboxylic acids is 1. The molecule has 1 fully saturated rings. The molecule has 29 heavy (non-hydrogen) atoms. The lowest BCUT2D eigenvalue weighted by molar-refractivity contribution is -0.124. The molecular weight excluding hydrogens is 388 g/mol. The van der Waals surface area contributed by atoms with Crippen molar-refractivity contribution in [2.75, 3.05) is 23.3 Å². The number of amides is 1. The number of aromatic nitrogens is 4. The number of nitrogens with one attached hydrogen (secondary N) is 1. The third kappa shape index (κ3) is 4.93. The summed E-state index contributed by atoms with van der Waals surface area (Å²) in [5, 5.41) is 30.5. The number of rotatable bonds is 6. The van der Waals surface area contributed by atoms with E-state index in [0.29, 0.717) is 16.6 Å². The lowest BCUT2D eigenvalue weighted by Crippen LogP contribution is -2.34. The van der Waals surface area contributed by atoms with Crippen LogP contribution in [0.5, 0.6) is 0 Å². The van der Waals surface area contributed by atoms with E-state index in [1.165, 1.54) is 11.3 Å². The Bertz CT molecular complexity index is 928. The number of piperidine rings is 1. The molecule has 1 aliphatic rings. The first-order valence-corrected chi connectivity index (χ1v) is 10.4. The second kappa shape index (κ2) is 9.06. The van der Waals surface area contributed by atoms with Gasteiger partial charge in [-0.2, -0.15) is 5.10 Å². The number of hydrogen-bond acceptors (Lipinski definition) is 8. The van der Waals surface area contributed by atoms with Crippen molar-refractivity contribution < 1.29 is 9.90 Å². The summed E-state index contributed by atoms with van der Waals surface area (Å²) in [5.74, 6) is 0.939. The maximum atomic E-state index is 12.2. The van der Waals surface area contributed by atoms with Crippen molar-refractivity contribution in [2.24, 2.45) is 5.92 Å². The molecule has 2 aromatic heterocycles. The van der Waals surface area contributed by atoms with Crippen LogP contribution in [0.4, 0.5) is 10.9 Å². The number of aliphatic hydroxyl groups is 1. The van der Waals surface area contributed by atoms with Crippen LogP contribution >= 0.6 is 11.3 Å². The zero-order valence-electron chi connectivity index (χ0n) is 15.8. The van der Waals surface area contributed by atoms with Crippen LogP contribution in [0.2, 0.25) is 0 Å². The van der Waals surface area contributed by atoms with Crippen LogP contribution < -0.4 is 10.2 Å². The van der Waals surface area contributed by atoms with Gasteiger partial charge in [0.1, 0.15) is 5.01 Å². The largest absolute Gasteiger partial charge is 0.378 e. The number of carbonyl (C=O) groups is 1. The van der Waals surface area contributed by atoms with Crippen LogP contribution in [0.15, 0.2) is 48.7 Å². The van der Waals surface area contributed by atoms with E-state index < -0.39 is 12.0 Å². The van der Waals surface area contributed by atoms with E-state index in [4.69, 9.17) is 0 Å². The molecule has 2 N–H and O–H groups in total. The Morgan fingerprint density at radius 1 is 1.14 bits per heavy atom. The van der Waals surface area contributed by atoms with Crippen molar-refractivity contribution in [3.63, 3.8) is 0 Å². The summed E-state index contributed by atoms with van der Waals surface area (Å²) < 4.78 is 0. The van der Waals surface area contributed by atoms with E-state index in [0.717, 1.165) is 43.2 Å². The first-order valence-electron chi connectivity index (χ1n) is 9.58. The Balaban J connectivity index is 1.28. The van der Waals surface area contributed by atoms with E-state index in [1.54, 1.807) is 30.5 Å². The molecule has 1 saturated heterocycles. The van der Waals surface area contributed by atoms with Gasteiger partial charge in [0.05, 0.1) is 0 Å². The number of nitrogens with zero attached hydrogens (tertiary/aromatic N) is 5. The molecule has 0 spiro atoms. The van der Waals surface area contributed by atoms with E-state index in [1.807, 2.05) is 18.2 Å². The van der Waals surface area contributed by atoms with Crippen molar-refractivity contribution >= 4 is 28.2 Å². The van der Waals surface area contributed by atoms with E-state index in [2.05, 4.69) is 30.6 Å². The van der Waals surface area contributed by atoms with Crippen molar-refractivity contribution in [1.82, 2.24) is 20.4 Å². The molecule has 8 nitrogen and oxygen atoms in total. The van der Waals surface area contributed by atoms with Gasteiger partial charge in [-0.1, -0.05) is 41.7 Å². The molecular formula is C20H22N6O2S. The third-order valence-corrected chi connectivity index (χ3v) is 5.88. The van der Waals surface area contributed by atoms with Crippen LogP contribution in [0.25, 0.3) is 0 Å². The lowest BCUT2D eigenvalue weighted by Gasteiger charge is -2.32. The van der Waals surface area contributed by atoms with Crippen LogP contribution in [-0.4, -0.2) is 44.5 Å². The van der Waals surface area contributed by atoms with Gasteiger partial charge in [0.25, 0.3) is 5.91 Å². The van der Waals surface area contributed by atoms with Crippen LogP contribution in [-0.2, 0) is 11.2 Å². The maximum Gasteiger partial charge on any atom is 0.259 e. The number of hydrogen-bond donors (Lipinski definition) is 2. The Hall–Kier alpha value is -2.91. The summed E-state index contributed by atoms with van der Waals surface area (Å²) in [6.45, 7) is 1.88. The van der Waals surface area contributed by atoms with Gasteiger partial charge in [-0.05, 0) is 36.5 Å². The monoisotopic (exact) mass is 410 g/mol. The fourth-order valence-electron chi connectivity index (χ4n) is 3.42. The fourth-order valence-corrected chi connectivity index (χ4v) is 4.28. The molecule has 0 unspecified atom stereocenters. The smallest absolute Gasteiger partial charge is 0.259 e. The SMILES string of the molecule is O=C(Nc1nnc(CC2CCN(c3cccnn3)CC2)s1)[C@H](O)c1ccccc1. The summed E-state index contributed by atoms with van der Waals surface area (Å²) in [5.41, 5.74) is 0.546. The highest BCUT2D eigenvalue weighted by molar-refractivity contribution is 7.15. The number of benzene rings is 1. The van der Waals surface area contributed by atoms with Gasteiger partial charge in [-0.15, -0.1) is 15.3 Å². The second-order valence-electron chi connectivity index (χ2n) is 7.02. The van der Waals surface area contributed by atoms with Gasteiger partial charge >= 0.3 is 0 Å². The van der Waals surface area contributed by atoms with E-state index in [9.17, 15) is 9.90 Å². The van der Waals surface area contributed by atoms with Gasteiger partial charge in [0, 0.05) is 25.7 Å². The molecule has 0 radical (unpaired) electrons. The van der Waals surface area contributed by atoms with Crippen molar-refractivity contribution in [2.45, 2.75) is 25.4 Å². The van der Waals surface area contributed by atoms with E-state index >= 15 is 0 Å². The minimum Gasteiger partial charge on any atom is -0.378 e. The van der Waals surface area contributed by atoms with E-state index in [-0.39, 0.29) is 0 Å². The van der Waals surface area contributed by atoms with Crippen LogP contribution in [0.3, 0.4) is 0 Å². The number of aliphatic hydroxyl groups excluding tert-OH is 1. The lowest BCUT2D eigenvalue weighted by atomic mass is 9.94. The zero-order valence-corrected chi connectivity index (χ0v) is 16.6. The highest BCUT2D eigenvalue weighted by atomic mass is 32.1. The van der Waals surface area contributed by atoms with Gasteiger partial charge in [-0.25, -0.2) is 0 Å². The molecule has 3 heterocycles. The second-order valence-corrected chi connectivity index (χ2v) is 8.08. The molecule has 0 bridgehead atoms. The zero-order chi connectivity index (χ0) is 20.1. The molecule has 4 rings (SSSR count). The Labute approximate surface area is 172 Å².